The number of carbonyl (C=O) groups is 1. The predicted molar refractivity (Wildman–Crippen MR) is 107 cm³/mol. The average molecular weight is 380 g/mol. The lowest BCUT2D eigenvalue weighted by atomic mass is 10.1. The van der Waals surface area contributed by atoms with Crippen molar-refractivity contribution in [1.82, 2.24) is 4.98 Å². The maximum absolute atomic E-state index is 11.0. The molecule has 27 heavy (non-hydrogen) atoms. The molecule has 0 radical (unpaired) electrons. The first-order chi connectivity index (χ1) is 12.9. The van der Waals surface area contributed by atoms with E-state index >= 15 is 0 Å². The Labute approximate surface area is 161 Å². The van der Waals surface area contributed by atoms with Crippen LogP contribution in [-0.2, 0) is 6.42 Å². The van der Waals surface area contributed by atoms with Crippen molar-refractivity contribution in [1.29, 1.82) is 0 Å². The van der Waals surface area contributed by atoms with Gasteiger partial charge >= 0.3 is 5.97 Å². The third-order valence-corrected chi connectivity index (χ3v) is 5.13. The summed E-state index contributed by atoms with van der Waals surface area (Å²) in [6.45, 7) is 4.03. The van der Waals surface area contributed by atoms with Gasteiger partial charge < -0.3 is 14.5 Å². The molecule has 4 aromatic rings. The van der Waals surface area contributed by atoms with E-state index < -0.39 is 5.97 Å². The van der Waals surface area contributed by atoms with Crippen molar-refractivity contribution in [3.8, 4) is 11.5 Å². The van der Waals surface area contributed by atoms with Crippen molar-refractivity contribution in [3.63, 3.8) is 0 Å². The fraction of sp³-hybridized carbons (Fsp3) is 0.136. The van der Waals surface area contributed by atoms with E-state index in [4.69, 9.17) is 21.1 Å². The molecule has 4 rings (SSSR count). The third-order valence-electron chi connectivity index (χ3n) is 4.77. The zero-order valence-corrected chi connectivity index (χ0v) is 15.7. The number of halogens is 1. The fourth-order valence-corrected chi connectivity index (χ4v) is 3.66. The molecule has 5 heteroatoms. The molecule has 0 atom stereocenters. The summed E-state index contributed by atoms with van der Waals surface area (Å²) in [5.41, 5.74) is 6.08. The second-order valence-corrected chi connectivity index (χ2v) is 7.10. The van der Waals surface area contributed by atoms with E-state index in [9.17, 15) is 4.79 Å². The number of aromatic amines is 1. The van der Waals surface area contributed by atoms with Crippen LogP contribution in [0.1, 0.15) is 32.7 Å². The molecule has 0 saturated carbocycles. The molecule has 2 aromatic heterocycles. The standard InChI is InChI=1S/C22H18ClNO3/c1-12-3-4-13(2)20-18(12)19(23)21(27-20)17-10-9-16(24-17)11-14-5-7-15(8-6-14)22(25)26/h3-10,24H,11H2,1-2H3,(H,25,26). The lowest BCUT2D eigenvalue weighted by Gasteiger charge is -2.01. The predicted octanol–water partition coefficient (Wildman–Crippen LogP) is 5.99. The Balaban J connectivity index is 1.66. The summed E-state index contributed by atoms with van der Waals surface area (Å²) >= 11 is 6.62. The van der Waals surface area contributed by atoms with Crippen LogP contribution in [0.25, 0.3) is 22.4 Å². The zero-order chi connectivity index (χ0) is 19.1. The van der Waals surface area contributed by atoms with E-state index in [0.717, 1.165) is 39.0 Å². The number of H-pyrrole nitrogens is 1. The highest BCUT2D eigenvalue weighted by atomic mass is 35.5. The number of hydrogen-bond donors (Lipinski definition) is 2. The summed E-state index contributed by atoms with van der Waals surface area (Å²) in [4.78, 5) is 14.3. The second kappa shape index (κ2) is 6.63. The van der Waals surface area contributed by atoms with E-state index in [1.54, 1.807) is 12.1 Å². The molecule has 136 valence electrons. The molecule has 0 fully saturated rings. The van der Waals surface area contributed by atoms with Gasteiger partial charge in [0, 0.05) is 17.5 Å². The Morgan fingerprint density at radius 3 is 2.41 bits per heavy atom. The van der Waals surface area contributed by atoms with Crippen molar-refractivity contribution in [2.45, 2.75) is 20.3 Å². The van der Waals surface area contributed by atoms with Crippen molar-refractivity contribution in [2.24, 2.45) is 0 Å². The van der Waals surface area contributed by atoms with Crippen molar-refractivity contribution < 1.29 is 14.3 Å². The van der Waals surface area contributed by atoms with Gasteiger partial charge in [-0.25, -0.2) is 4.79 Å². The number of aryl methyl sites for hydroxylation is 2. The minimum Gasteiger partial charge on any atom is -0.478 e. The molecule has 2 heterocycles. The van der Waals surface area contributed by atoms with Crippen LogP contribution >= 0.6 is 11.6 Å². The van der Waals surface area contributed by atoms with Crippen LogP contribution < -0.4 is 0 Å². The summed E-state index contributed by atoms with van der Waals surface area (Å²) in [7, 11) is 0. The Kier molecular flexibility index (Phi) is 4.28. The number of furan rings is 1. The summed E-state index contributed by atoms with van der Waals surface area (Å²) < 4.78 is 6.07. The third kappa shape index (κ3) is 3.13. The summed E-state index contributed by atoms with van der Waals surface area (Å²) in [6.07, 6.45) is 0.663. The van der Waals surface area contributed by atoms with Gasteiger partial charge in [-0.1, -0.05) is 35.9 Å². The van der Waals surface area contributed by atoms with E-state index in [0.29, 0.717) is 17.2 Å². The molecule has 0 saturated heterocycles. The Hall–Kier alpha value is -2.98. The largest absolute Gasteiger partial charge is 0.478 e. The van der Waals surface area contributed by atoms with Crippen LogP contribution in [0.5, 0.6) is 0 Å². The number of carboxylic acid groups (broad SMARTS) is 1. The van der Waals surface area contributed by atoms with Gasteiger partial charge in [0.1, 0.15) is 5.58 Å². The molecule has 4 nitrogen and oxygen atoms in total. The molecule has 0 unspecified atom stereocenters. The SMILES string of the molecule is Cc1ccc(C)c2c(Cl)c(-c3ccc(Cc4ccc(C(=O)O)cc4)[nH]3)oc12. The number of carboxylic acids is 1. The summed E-state index contributed by atoms with van der Waals surface area (Å²) in [6, 6.07) is 14.9. The number of nitrogens with one attached hydrogen (secondary N) is 1. The van der Waals surface area contributed by atoms with Gasteiger partial charge in [-0.05, 0) is 54.8 Å². The van der Waals surface area contributed by atoms with Crippen LogP contribution in [0.15, 0.2) is 52.9 Å². The molecule has 0 bridgehead atoms. The maximum atomic E-state index is 11.0. The van der Waals surface area contributed by atoms with Gasteiger partial charge in [-0.15, -0.1) is 0 Å². The lowest BCUT2D eigenvalue weighted by molar-refractivity contribution is 0.0697. The number of benzene rings is 2. The number of fused-ring (bicyclic) bond motifs is 1. The number of aromatic carboxylic acids is 1. The number of rotatable bonds is 4. The van der Waals surface area contributed by atoms with Crippen molar-refractivity contribution >= 4 is 28.5 Å². The van der Waals surface area contributed by atoms with E-state index in [-0.39, 0.29) is 5.56 Å². The Morgan fingerprint density at radius 2 is 1.74 bits per heavy atom. The molecular formula is C22H18ClNO3. The Morgan fingerprint density at radius 1 is 1.04 bits per heavy atom. The molecule has 0 aliphatic rings. The summed E-state index contributed by atoms with van der Waals surface area (Å²) in [5, 5.41) is 10.6. The van der Waals surface area contributed by atoms with E-state index in [1.165, 1.54) is 0 Å². The summed E-state index contributed by atoms with van der Waals surface area (Å²) in [5.74, 6) is -0.287. The molecule has 0 spiro atoms. The first-order valence-corrected chi connectivity index (χ1v) is 9.00. The normalized spacial score (nSPS) is 11.2. The smallest absolute Gasteiger partial charge is 0.335 e. The first kappa shape index (κ1) is 17.4. The molecule has 0 aliphatic carbocycles. The van der Waals surface area contributed by atoms with Crippen LogP contribution in [0.4, 0.5) is 0 Å². The highest BCUT2D eigenvalue weighted by molar-refractivity contribution is 6.38. The van der Waals surface area contributed by atoms with Gasteiger partial charge in [0.15, 0.2) is 5.76 Å². The van der Waals surface area contributed by atoms with Crippen LogP contribution in [0.3, 0.4) is 0 Å². The lowest BCUT2D eigenvalue weighted by Crippen LogP contribution is -1.96. The highest BCUT2D eigenvalue weighted by Crippen LogP contribution is 2.40. The van der Waals surface area contributed by atoms with E-state index in [2.05, 4.69) is 4.98 Å². The Bertz CT molecular complexity index is 1150. The number of hydrogen-bond acceptors (Lipinski definition) is 2. The van der Waals surface area contributed by atoms with Crippen molar-refractivity contribution in [2.75, 3.05) is 0 Å². The zero-order valence-electron chi connectivity index (χ0n) is 15.0. The average Bonchev–Trinajstić information content (AvgIpc) is 3.24. The molecule has 0 aliphatic heterocycles. The van der Waals surface area contributed by atoms with Gasteiger partial charge in [-0.3, -0.25) is 0 Å². The molecule has 0 amide bonds. The fourth-order valence-electron chi connectivity index (χ4n) is 3.28. The van der Waals surface area contributed by atoms with Gasteiger partial charge in [0.2, 0.25) is 0 Å². The van der Waals surface area contributed by atoms with Crippen LogP contribution in [-0.4, -0.2) is 16.1 Å². The van der Waals surface area contributed by atoms with Gasteiger partial charge in [0.25, 0.3) is 0 Å². The number of aromatic nitrogens is 1. The quantitative estimate of drug-likeness (QED) is 0.458. The highest BCUT2D eigenvalue weighted by Gasteiger charge is 2.18. The molecule has 2 aromatic carbocycles. The van der Waals surface area contributed by atoms with Crippen LogP contribution in [0, 0.1) is 13.8 Å². The van der Waals surface area contributed by atoms with E-state index in [1.807, 2.05) is 50.2 Å². The molecular weight excluding hydrogens is 362 g/mol. The minimum absolute atomic E-state index is 0.283. The van der Waals surface area contributed by atoms with Crippen molar-refractivity contribution in [3.05, 3.63) is 81.5 Å². The minimum atomic E-state index is -0.922. The van der Waals surface area contributed by atoms with Crippen LogP contribution in [0.2, 0.25) is 5.02 Å². The van der Waals surface area contributed by atoms with Gasteiger partial charge in [0.05, 0.1) is 16.3 Å². The molecule has 2 N–H and O–H groups in total. The second-order valence-electron chi connectivity index (χ2n) is 6.72. The maximum Gasteiger partial charge on any atom is 0.335 e. The first-order valence-electron chi connectivity index (χ1n) is 8.62. The topological polar surface area (TPSA) is 66.2 Å². The van der Waals surface area contributed by atoms with Gasteiger partial charge in [-0.2, -0.15) is 0 Å². The monoisotopic (exact) mass is 379 g/mol.